The Kier molecular flexibility index (Phi) is 6.08. The molecular weight excluding hydrogens is 432 g/mol. The highest BCUT2D eigenvalue weighted by atomic mass is 79.9. The van der Waals surface area contributed by atoms with Crippen LogP contribution in [-0.4, -0.2) is 31.7 Å². The second-order valence-corrected chi connectivity index (χ2v) is 9.43. The zero-order valence-electron chi connectivity index (χ0n) is 15.4. The van der Waals surface area contributed by atoms with E-state index in [1.165, 1.54) is 0 Å². The van der Waals surface area contributed by atoms with Crippen LogP contribution in [0.15, 0.2) is 38.1 Å². The molecule has 1 N–H and O–H groups in total. The van der Waals surface area contributed by atoms with Crippen molar-refractivity contribution in [3.05, 3.63) is 45.8 Å². The van der Waals surface area contributed by atoms with Crippen molar-refractivity contribution in [1.29, 1.82) is 0 Å². The molecule has 0 atom stereocenters. The zero-order valence-corrected chi connectivity index (χ0v) is 17.8. The molecule has 1 aromatic carbocycles. The maximum absolute atomic E-state index is 12.8. The van der Waals surface area contributed by atoms with Gasteiger partial charge in [0.15, 0.2) is 0 Å². The maximum atomic E-state index is 12.8. The van der Waals surface area contributed by atoms with E-state index in [4.69, 9.17) is 4.42 Å². The number of anilines is 1. The summed E-state index contributed by atoms with van der Waals surface area (Å²) in [5.41, 5.74) is 0.966. The van der Waals surface area contributed by atoms with E-state index < -0.39 is 10.0 Å². The Hall–Kier alpha value is -1.64. The number of nitrogens with one attached hydrogen (secondary N) is 1. The number of furan rings is 1. The Morgan fingerprint density at radius 2 is 1.63 bits per heavy atom. The Morgan fingerprint density at radius 1 is 1.04 bits per heavy atom. The summed E-state index contributed by atoms with van der Waals surface area (Å²) in [6, 6.07) is 6.30. The van der Waals surface area contributed by atoms with Crippen molar-refractivity contribution >= 4 is 37.5 Å². The van der Waals surface area contributed by atoms with Crippen LogP contribution in [-0.2, 0) is 10.0 Å². The molecule has 0 unspecified atom stereocenters. The third kappa shape index (κ3) is 4.28. The van der Waals surface area contributed by atoms with Crippen LogP contribution in [0.4, 0.5) is 5.69 Å². The monoisotopic (exact) mass is 454 g/mol. The van der Waals surface area contributed by atoms with Gasteiger partial charge in [0, 0.05) is 18.8 Å². The van der Waals surface area contributed by atoms with Gasteiger partial charge >= 0.3 is 0 Å². The van der Waals surface area contributed by atoms with Gasteiger partial charge in [-0.05, 0) is 66.9 Å². The van der Waals surface area contributed by atoms with E-state index in [0.717, 1.165) is 25.7 Å². The molecule has 1 aliphatic heterocycles. The second-order valence-electron chi connectivity index (χ2n) is 6.70. The average molecular weight is 455 g/mol. The van der Waals surface area contributed by atoms with Crippen LogP contribution in [0, 0.1) is 13.8 Å². The summed E-state index contributed by atoms with van der Waals surface area (Å²) in [7, 11) is -3.49. The predicted octanol–water partition coefficient (Wildman–Crippen LogP) is 4.48. The molecule has 1 saturated heterocycles. The van der Waals surface area contributed by atoms with E-state index >= 15 is 0 Å². The highest BCUT2D eigenvalue weighted by molar-refractivity contribution is 9.10. The van der Waals surface area contributed by atoms with E-state index in [9.17, 15) is 13.2 Å². The first kappa shape index (κ1) is 20.1. The van der Waals surface area contributed by atoms with Crippen LogP contribution in [0.25, 0.3) is 0 Å². The van der Waals surface area contributed by atoms with Gasteiger partial charge < -0.3 is 9.73 Å². The smallest absolute Gasteiger partial charge is 0.260 e. The lowest BCUT2D eigenvalue weighted by Crippen LogP contribution is -2.31. The van der Waals surface area contributed by atoms with Crippen LogP contribution >= 0.6 is 15.9 Å². The van der Waals surface area contributed by atoms with Crippen LogP contribution in [0.2, 0.25) is 0 Å². The molecule has 0 spiro atoms. The minimum absolute atomic E-state index is 0.249. The lowest BCUT2D eigenvalue weighted by Gasteiger charge is -2.20. The van der Waals surface area contributed by atoms with Gasteiger partial charge in [0.1, 0.15) is 11.5 Å². The fourth-order valence-electron chi connectivity index (χ4n) is 3.25. The highest BCUT2D eigenvalue weighted by Gasteiger charge is 2.25. The molecule has 1 aromatic heterocycles. The molecule has 1 amide bonds. The normalized spacial score (nSPS) is 16.1. The van der Waals surface area contributed by atoms with Crippen molar-refractivity contribution in [1.82, 2.24) is 4.31 Å². The molecule has 6 nitrogen and oxygen atoms in total. The third-order valence-corrected chi connectivity index (χ3v) is 7.60. The van der Waals surface area contributed by atoms with Gasteiger partial charge in [-0.2, -0.15) is 4.31 Å². The summed E-state index contributed by atoms with van der Waals surface area (Å²) in [5, 5.41) is 2.78. The lowest BCUT2D eigenvalue weighted by molar-refractivity contribution is 0.102. The summed E-state index contributed by atoms with van der Waals surface area (Å²) >= 11 is 3.36. The average Bonchev–Trinajstić information content (AvgIpc) is 2.83. The number of rotatable bonds is 4. The number of hydrogen-bond acceptors (Lipinski definition) is 4. The summed E-state index contributed by atoms with van der Waals surface area (Å²) in [6.45, 7) is 4.63. The number of carbonyl (C=O) groups excluding carboxylic acids is 1. The molecule has 1 fully saturated rings. The molecule has 0 bridgehead atoms. The number of amides is 1. The first-order valence-electron chi connectivity index (χ1n) is 8.98. The Bertz CT molecular complexity index is 927. The van der Waals surface area contributed by atoms with Gasteiger partial charge in [-0.25, -0.2) is 8.42 Å². The molecule has 0 aliphatic carbocycles. The first-order chi connectivity index (χ1) is 12.8. The van der Waals surface area contributed by atoms with Gasteiger partial charge in [-0.15, -0.1) is 0 Å². The molecule has 27 heavy (non-hydrogen) atoms. The summed E-state index contributed by atoms with van der Waals surface area (Å²) in [4.78, 5) is 12.8. The van der Waals surface area contributed by atoms with E-state index in [2.05, 4.69) is 21.2 Å². The minimum Gasteiger partial charge on any atom is -0.465 e. The number of aryl methyl sites for hydroxylation is 2. The van der Waals surface area contributed by atoms with E-state index in [1.54, 1.807) is 42.4 Å². The number of hydrogen-bond donors (Lipinski definition) is 1. The number of nitrogens with zero attached hydrogens (tertiary/aromatic N) is 1. The minimum atomic E-state index is -3.49. The predicted molar refractivity (Wildman–Crippen MR) is 108 cm³/mol. The van der Waals surface area contributed by atoms with Crippen molar-refractivity contribution in [3.8, 4) is 0 Å². The van der Waals surface area contributed by atoms with Crippen molar-refractivity contribution in [2.24, 2.45) is 0 Å². The summed E-state index contributed by atoms with van der Waals surface area (Å²) in [6.07, 6.45) is 3.93. The molecule has 2 aromatic rings. The Morgan fingerprint density at radius 3 is 2.15 bits per heavy atom. The van der Waals surface area contributed by atoms with E-state index in [0.29, 0.717) is 40.3 Å². The number of sulfonamides is 1. The standard InChI is InChI=1S/C19H23BrN2O4S/c1-13-17(18(20)14(2)26-13)19(23)21-15-7-9-16(10-8-15)27(24,25)22-11-5-3-4-6-12-22/h7-10H,3-6,11-12H2,1-2H3,(H,21,23). The van der Waals surface area contributed by atoms with Gasteiger partial charge in [-0.1, -0.05) is 12.8 Å². The topological polar surface area (TPSA) is 79.6 Å². The van der Waals surface area contributed by atoms with Gasteiger partial charge in [0.25, 0.3) is 5.91 Å². The molecule has 1 aliphatic rings. The third-order valence-electron chi connectivity index (χ3n) is 4.73. The Labute approximate surface area is 168 Å². The molecule has 146 valence electrons. The largest absolute Gasteiger partial charge is 0.465 e. The van der Waals surface area contributed by atoms with Crippen molar-refractivity contribution in [2.75, 3.05) is 18.4 Å². The van der Waals surface area contributed by atoms with Crippen LogP contribution in [0.5, 0.6) is 0 Å². The molecule has 8 heteroatoms. The lowest BCUT2D eigenvalue weighted by atomic mass is 10.2. The van der Waals surface area contributed by atoms with Crippen LogP contribution in [0.1, 0.15) is 47.6 Å². The van der Waals surface area contributed by atoms with Crippen LogP contribution < -0.4 is 5.32 Å². The summed E-state index contributed by atoms with van der Waals surface area (Å²) < 4.78 is 33.2. The first-order valence-corrected chi connectivity index (χ1v) is 11.2. The number of carbonyl (C=O) groups is 1. The molecular formula is C19H23BrN2O4S. The van der Waals surface area contributed by atoms with Gasteiger partial charge in [0.05, 0.1) is 14.9 Å². The molecule has 3 rings (SSSR count). The quantitative estimate of drug-likeness (QED) is 0.738. The Balaban J connectivity index is 1.76. The SMILES string of the molecule is Cc1oc(C)c(C(=O)Nc2ccc(S(=O)(=O)N3CCCCCC3)cc2)c1Br. The fraction of sp³-hybridized carbons (Fsp3) is 0.421. The van der Waals surface area contributed by atoms with Crippen molar-refractivity contribution in [3.63, 3.8) is 0 Å². The second kappa shape index (κ2) is 8.16. The molecule has 2 heterocycles. The van der Waals surface area contributed by atoms with Crippen molar-refractivity contribution in [2.45, 2.75) is 44.4 Å². The molecule has 0 radical (unpaired) electrons. The maximum Gasteiger partial charge on any atom is 0.260 e. The fourth-order valence-corrected chi connectivity index (χ4v) is 5.31. The van der Waals surface area contributed by atoms with Gasteiger partial charge in [-0.3, -0.25) is 4.79 Å². The number of halogens is 1. The van der Waals surface area contributed by atoms with Crippen LogP contribution in [0.3, 0.4) is 0 Å². The number of benzene rings is 1. The van der Waals surface area contributed by atoms with Crippen molar-refractivity contribution < 1.29 is 17.6 Å². The van der Waals surface area contributed by atoms with E-state index in [-0.39, 0.29) is 10.8 Å². The summed E-state index contributed by atoms with van der Waals surface area (Å²) in [5.74, 6) is 0.855. The van der Waals surface area contributed by atoms with Gasteiger partial charge in [0.2, 0.25) is 10.0 Å². The molecule has 0 saturated carbocycles. The zero-order chi connectivity index (χ0) is 19.6. The highest BCUT2D eigenvalue weighted by Crippen LogP contribution is 2.28. The van der Waals surface area contributed by atoms with E-state index in [1.807, 2.05) is 0 Å².